The minimum Gasteiger partial charge on any atom is -0.496 e. The third kappa shape index (κ3) is 3.78. The molecule has 0 aliphatic carbocycles. The Hall–Kier alpha value is -2.51. The largest absolute Gasteiger partial charge is 0.496 e. The van der Waals surface area contributed by atoms with Gasteiger partial charge in [-0.1, -0.05) is 35.5 Å². The lowest BCUT2D eigenvalue weighted by molar-refractivity contribution is 0.112. The molecule has 0 aliphatic rings. The lowest BCUT2D eigenvalue weighted by Gasteiger charge is -2.09. The summed E-state index contributed by atoms with van der Waals surface area (Å²) in [4.78, 5) is 11.0. The van der Waals surface area contributed by atoms with Crippen LogP contribution in [0.4, 0.5) is 0 Å². The Balaban J connectivity index is 1.82. The van der Waals surface area contributed by atoms with Gasteiger partial charge in [-0.2, -0.15) is 0 Å². The average molecular weight is 375 g/mol. The summed E-state index contributed by atoms with van der Waals surface area (Å²) in [6.07, 6.45) is 0.802. The van der Waals surface area contributed by atoms with Crippen molar-refractivity contribution in [3.05, 3.63) is 58.6 Å². The van der Waals surface area contributed by atoms with Crippen LogP contribution in [0.2, 0.25) is 5.02 Å². The summed E-state index contributed by atoms with van der Waals surface area (Å²) in [5.74, 6) is 7.89. The zero-order chi connectivity index (χ0) is 17.8. The minimum absolute atomic E-state index is 0.526. The highest BCUT2D eigenvalue weighted by Crippen LogP contribution is 2.29. The van der Waals surface area contributed by atoms with Crippen LogP contribution < -0.4 is 10.6 Å². The van der Waals surface area contributed by atoms with E-state index in [1.165, 1.54) is 16.4 Å². The summed E-state index contributed by atoms with van der Waals surface area (Å²) >= 11 is 7.42. The van der Waals surface area contributed by atoms with E-state index in [1.807, 2.05) is 12.1 Å². The number of halogens is 1. The van der Waals surface area contributed by atoms with Crippen LogP contribution in [-0.2, 0) is 5.75 Å². The molecule has 0 atom stereocenters. The fraction of sp³-hybridized carbons (Fsp3) is 0.118. The van der Waals surface area contributed by atoms with Crippen LogP contribution in [0, 0.1) is 0 Å². The van der Waals surface area contributed by atoms with E-state index in [1.54, 1.807) is 37.4 Å². The molecule has 8 heteroatoms. The second kappa shape index (κ2) is 7.58. The van der Waals surface area contributed by atoms with Gasteiger partial charge in [-0.25, -0.2) is 4.68 Å². The van der Waals surface area contributed by atoms with Crippen molar-refractivity contribution in [1.82, 2.24) is 14.9 Å². The van der Waals surface area contributed by atoms with Crippen LogP contribution in [0.25, 0.3) is 11.4 Å². The Labute approximate surface area is 153 Å². The Bertz CT molecular complexity index is 913. The molecule has 0 fully saturated rings. The average Bonchev–Trinajstić information content (AvgIpc) is 3.00. The predicted molar refractivity (Wildman–Crippen MR) is 98.6 cm³/mol. The maximum absolute atomic E-state index is 11.0. The first-order valence-electron chi connectivity index (χ1n) is 7.33. The lowest BCUT2D eigenvalue weighted by atomic mass is 10.1. The first kappa shape index (κ1) is 17.3. The number of methoxy groups -OCH3 is 1. The molecule has 25 heavy (non-hydrogen) atoms. The van der Waals surface area contributed by atoms with Crippen molar-refractivity contribution < 1.29 is 9.53 Å². The molecule has 6 nitrogen and oxygen atoms in total. The van der Waals surface area contributed by atoms with Gasteiger partial charge in [0.05, 0.1) is 7.11 Å². The van der Waals surface area contributed by atoms with Crippen molar-refractivity contribution in [2.45, 2.75) is 10.9 Å². The first-order valence-corrected chi connectivity index (χ1v) is 8.70. The SMILES string of the molecule is COc1ccc(C=O)cc1CSc1nnc(-c2cccc(Cl)c2)n1N. The topological polar surface area (TPSA) is 83.0 Å². The molecule has 0 spiro atoms. The molecular formula is C17H15ClN4O2S. The van der Waals surface area contributed by atoms with Crippen molar-refractivity contribution in [3.8, 4) is 17.1 Å². The molecule has 2 N–H and O–H groups in total. The van der Waals surface area contributed by atoms with Gasteiger partial charge in [0.25, 0.3) is 0 Å². The van der Waals surface area contributed by atoms with Crippen molar-refractivity contribution in [2.24, 2.45) is 0 Å². The third-order valence-corrected chi connectivity index (χ3v) is 4.77. The highest BCUT2D eigenvalue weighted by molar-refractivity contribution is 7.98. The smallest absolute Gasteiger partial charge is 0.210 e. The molecule has 1 aromatic heterocycles. The van der Waals surface area contributed by atoms with E-state index in [2.05, 4.69) is 10.2 Å². The van der Waals surface area contributed by atoms with Crippen LogP contribution in [0.1, 0.15) is 15.9 Å². The Kier molecular flexibility index (Phi) is 5.25. The van der Waals surface area contributed by atoms with Crippen LogP contribution in [-0.4, -0.2) is 28.3 Å². The van der Waals surface area contributed by atoms with Crippen LogP contribution >= 0.6 is 23.4 Å². The quantitative estimate of drug-likeness (QED) is 0.404. The number of aldehydes is 1. The van der Waals surface area contributed by atoms with Crippen molar-refractivity contribution in [1.29, 1.82) is 0 Å². The molecule has 0 saturated carbocycles. The molecule has 1 heterocycles. The predicted octanol–water partition coefficient (Wildman–Crippen LogP) is 3.43. The van der Waals surface area contributed by atoms with Crippen LogP contribution in [0.3, 0.4) is 0 Å². The minimum atomic E-state index is 0.526. The highest BCUT2D eigenvalue weighted by atomic mass is 35.5. The summed E-state index contributed by atoms with van der Waals surface area (Å²) in [5, 5.41) is 9.42. The summed E-state index contributed by atoms with van der Waals surface area (Å²) in [7, 11) is 1.59. The molecular weight excluding hydrogens is 360 g/mol. The van der Waals surface area contributed by atoms with Gasteiger partial charge in [-0.05, 0) is 30.3 Å². The molecule has 0 saturated heterocycles. The number of hydrogen-bond acceptors (Lipinski definition) is 6. The van der Waals surface area contributed by atoms with Gasteiger partial charge in [0.1, 0.15) is 12.0 Å². The van der Waals surface area contributed by atoms with Gasteiger partial charge in [0.15, 0.2) is 5.82 Å². The number of aromatic nitrogens is 3. The van der Waals surface area contributed by atoms with Crippen LogP contribution in [0.15, 0.2) is 47.6 Å². The van der Waals surface area contributed by atoms with E-state index in [0.29, 0.717) is 33.1 Å². The number of rotatable bonds is 6. The van der Waals surface area contributed by atoms with E-state index in [0.717, 1.165) is 17.4 Å². The van der Waals surface area contributed by atoms with Gasteiger partial charge in [-0.3, -0.25) is 4.79 Å². The number of nitrogen functional groups attached to an aromatic ring is 1. The third-order valence-electron chi connectivity index (χ3n) is 3.54. The molecule has 2 aromatic carbocycles. The first-order chi connectivity index (χ1) is 12.1. The highest BCUT2D eigenvalue weighted by Gasteiger charge is 2.14. The number of nitrogens with zero attached hydrogens (tertiary/aromatic N) is 3. The van der Waals surface area contributed by atoms with Gasteiger partial charge < -0.3 is 10.6 Å². The maximum Gasteiger partial charge on any atom is 0.210 e. The molecule has 0 bridgehead atoms. The Morgan fingerprint density at radius 2 is 2.12 bits per heavy atom. The number of hydrogen-bond donors (Lipinski definition) is 1. The van der Waals surface area contributed by atoms with Crippen molar-refractivity contribution in [2.75, 3.05) is 13.0 Å². The zero-order valence-corrected chi connectivity index (χ0v) is 14.9. The molecule has 0 amide bonds. The Morgan fingerprint density at radius 3 is 2.84 bits per heavy atom. The summed E-state index contributed by atoms with van der Waals surface area (Å²) in [6.45, 7) is 0. The molecule has 0 aliphatic heterocycles. The normalized spacial score (nSPS) is 10.6. The van der Waals surface area contributed by atoms with Gasteiger partial charge in [0.2, 0.25) is 5.16 Å². The van der Waals surface area contributed by atoms with Gasteiger partial charge >= 0.3 is 0 Å². The monoisotopic (exact) mass is 374 g/mol. The number of carbonyl (C=O) groups is 1. The van der Waals surface area contributed by atoms with Gasteiger partial charge in [-0.15, -0.1) is 10.2 Å². The maximum atomic E-state index is 11.0. The lowest BCUT2D eigenvalue weighted by Crippen LogP contribution is -2.11. The summed E-state index contributed by atoms with van der Waals surface area (Å²) < 4.78 is 6.76. The molecule has 0 radical (unpaired) electrons. The fourth-order valence-corrected chi connectivity index (χ4v) is 3.35. The molecule has 128 valence electrons. The molecule has 3 aromatic rings. The summed E-state index contributed by atoms with van der Waals surface area (Å²) in [5.41, 5.74) is 2.25. The number of carbonyl (C=O) groups excluding carboxylic acids is 1. The number of benzene rings is 2. The second-order valence-electron chi connectivity index (χ2n) is 5.16. The van der Waals surface area contributed by atoms with E-state index in [9.17, 15) is 4.79 Å². The Morgan fingerprint density at radius 1 is 1.28 bits per heavy atom. The van der Waals surface area contributed by atoms with E-state index in [-0.39, 0.29) is 0 Å². The summed E-state index contributed by atoms with van der Waals surface area (Å²) in [6, 6.07) is 12.5. The molecule has 0 unspecified atom stereocenters. The van der Waals surface area contributed by atoms with E-state index >= 15 is 0 Å². The number of thioether (sulfide) groups is 1. The van der Waals surface area contributed by atoms with Crippen LogP contribution in [0.5, 0.6) is 5.75 Å². The number of ether oxygens (including phenoxy) is 1. The van der Waals surface area contributed by atoms with Crippen molar-refractivity contribution in [3.63, 3.8) is 0 Å². The zero-order valence-electron chi connectivity index (χ0n) is 13.3. The molecule has 3 rings (SSSR count). The van der Waals surface area contributed by atoms with Crippen molar-refractivity contribution >= 4 is 29.6 Å². The van der Waals surface area contributed by atoms with Gasteiger partial charge in [0, 0.05) is 27.5 Å². The van der Waals surface area contributed by atoms with E-state index in [4.69, 9.17) is 22.2 Å². The number of nitrogens with two attached hydrogens (primary N) is 1. The fourth-order valence-electron chi connectivity index (χ4n) is 2.33. The standard InChI is InChI=1S/C17H15ClN4O2S/c1-24-15-6-5-11(9-23)7-13(15)10-25-17-21-20-16(22(17)19)12-3-2-4-14(18)8-12/h2-9H,10,19H2,1H3. The second-order valence-corrected chi connectivity index (χ2v) is 6.54. The van der Waals surface area contributed by atoms with E-state index < -0.39 is 0 Å².